The highest BCUT2D eigenvalue weighted by Gasteiger charge is 2.26. The molecule has 2 N–H and O–H groups in total. The molecule has 2 aromatic rings. The van der Waals surface area contributed by atoms with E-state index in [1.165, 1.54) is 19.1 Å². The van der Waals surface area contributed by atoms with E-state index in [2.05, 4.69) is 10.0 Å². The minimum absolute atomic E-state index is 0.0681. The Balaban J connectivity index is 2.18. The Kier molecular flexibility index (Phi) is 7.10. The highest BCUT2D eigenvalue weighted by atomic mass is 32.2. The van der Waals surface area contributed by atoms with Crippen LogP contribution in [0, 0.1) is 12.8 Å². The zero-order valence-electron chi connectivity index (χ0n) is 16.5. The number of carbonyl (C=O) groups excluding carboxylic acids is 2. The Morgan fingerprint density at radius 1 is 0.964 bits per heavy atom. The van der Waals surface area contributed by atoms with Crippen molar-refractivity contribution in [3.05, 3.63) is 59.7 Å². The normalized spacial score (nSPS) is 12.6. The lowest BCUT2D eigenvalue weighted by Gasteiger charge is -2.20. The molecule has 1 atom stereocenters. The van der Waals surface area contributed by atoms with Crippen LogP contribution in [0.25, 0.3) is 0 Å². The monoisotopic (exact) mass is 402 g/mol. The van der Waals surface area contributed by atoms with Crippen LogP contribution >= 0.6 is 0 Å². The van der Waals surface area contributed by atoms with Gasteiger partial charge in [0.15, 0.2) is 5.78 Å². The molecule has 7 heteroatoms. The average molecular weight is 403 g/mol. The first-order chi connectivity index (χ1) is 13.1. The Morgan fingerprint density at radius 2 is 1.54 bits per heavy atom. The van der Waals surface area contributed by atoms with Crippen LogP contribution in [0.3, 0.4) is 0 Å². The second kappa shape index (κ2) is 9.12. The molecular weight excluding hydrogens is 376 g/mol. The van der Waals surface area contributed by atoms with Crippen molar-refractivity contribution in [1.82, 2.24) is 4.72 Å². The van der Waals surface area contributed by atoms with Crippen molar-refractivity contribution in [3.8, 4) is 0 Å². The molecular formula is C21H26N2O4S. The summed E-state index contributed by atoms with van der Waals surface area (Å²) in [6, 6.07) is 12.0. The Hall–Kier alpha value is -2.51. The molecule has 0 fully saturated rings. The first-order valence-electron chi connectivity index (χ1n) is 9.09. The number of aryl methyl sites for hydroxylation is 1. The van der Waals surface area contributed by atoms with Crippen molar-refractivity contribution >= 4 is 27.4 Å². The van der Waals surface area contributed by atoms with Gasteiger partial charge in [0, 0.05) is 11.3 Å². The molecule has 28 heavy (non-hydrogen) atoms. The SMILES string of the molecule is CC(=O)c1ccc(NC(=O)C(CC(C)C)NS(=O)(=O)c2ccc(C)cc2)cc1. The summed E-state index contributed by atoms with van der Waals surface area (Å²) in [5.74, 6) is -0.405. The lowest BCUT2D eigenvalue weighted by Crippen LogP contribution is -2.44. The van der Waals surface area contributed by atoms with Crippen LogP contribution in [0.1, 0.15) is 43.1 Å². The highest BCUT2D eigenvalue weighted by Crippen LogP contribution is 2.16. The van der Waals surface area contributed by atoms with Gasteiger partial charge in [0.2, 0.25) is 15.9 Å². The summed E-state index contributed by atoms with van der Waals surface area (Å²) in [4.78, 5) is 24.2. The molecule has 0 saturated heterocycles. The zero-order chi connectivity index (χ0) is 20.9. The predicted octanol–water partition coefficient (Wildman–Crippen LogP) is 3.53. The molecule has 0 aliphatic heterocycles. The minimum Gasteiger partial charge on any atom is -0.325 e. The van der Waals surface area contributed by atoms with Gasteiger partial charge in [0.05, 0.1) is 4.90 Å². The Bertz CT molecular complexity index is 933. The van der Waals surface area contributed by atoms with E-state index in [0.717, 1.165) is 5.56 Å². The first-order valence-corrected chi connectivity index (χ1v) is 10.6. The fourth-order valence-corrected chi connectivity index (χ4v) is 3.88. The van der Waals surface area contributed by atoms with Crippen LogP contribution in [0.4, 0.5) is 5.69 Å². The molecule has 0 aliphatic carbocycles. The molecule has 0 spiro atoms. The van der Waals surface area contributed by atoms with E-state index in [0.29, 0.717) is 17.7 Å². The number of amides is 1. The third kappa shape index (κ3) is 6.00. The topological polar surface area (TPSA) is 92.3 Å². The van der Waals surface area contributed by atoms with Crippen LogP contribution in [0.15, 0.2) is 53.4 Å². The number of carbonyl (C=O) groups is 2. The van der Waals surface area contributed by atoms with Crippen molar-refractivity contribution in [2.45, 2.75) is 45.1 Å². The minimum atomic E-state index is -3.83. The van der Waals surface area contributed by atoms with E-state index in [1.54, 1.807) is 36.4 Å². The van der Waals surface area contributed by atoms with Gasteiger partial charge in [-0.05, 0) is 62.6 Å². The molecule has 150 valence electrons. The van der Waals surface area contributed by atoms with Gasteiger partial charge in [0.1, 0.15) is 6.04 Å². The first kappa shape index (κ1) is 21.8. The molecule has 2 rings (SSSR count). The fraction of sp³-hybridized carbons (Fsp3) is 0.333. The largest absolute Gasteiger partial charge is 0.325 e. The van der Waals surface area contributed by atoms with Gasteiger partial charge in [0.25, 0.3) is 0 Å². The van der Waals surface area contributed by atoms with Crippen LogP contribution in [0.2, 0.25) is 0 Å². The fourth-order valence-electron chi connectivity index (χ4n) is 2.67. The summed E-state index contributed by atoms with van der Waals surface area (Å²) in [5.41, 5.74) is 1.99. The molecule has 1 unspecified atom stereocenters. The summed E-state index contributed by atoms with van der Waals surface area (Å²) < 4.78 is 27.9. The smallest absolute Gasteiger partial charge is 0.242 e. The molecule has 0 aliphatic rings. The van der Waals surface area contributed by atoms with E-state index in [-0.39, 0.29) is 16.6 Å². The predicted molar refractivity (Wildman–Crippen MR) is 110 cm³/mol. The summed E-state index contributed by atoms with van der Waals surface area (Å²) in [7, 11) is -3.83. The maximum atomic E-state index is 12.7. The van der Waals surface area contributed by atoms with E-state index in [9.17, 15) is 18.0 Å². The van der Waals surface area contributed by atoms with Crippen LogP contribution < -0.4 is 10.0 Å². The average Bonchev–Trinajstić information content (AvgIpc) is 2.61. The molecule has 0 saturated carbocycles. The third-order valence-corrected chi connectivity index (χ3v) is 5.70. The number of rotatable bonds is 8. The summed E-state index contributed by atoms with van der Waals surface area (Å²) in [5, 5.41) is 2.72. The Labute approximate surface area is 166 Å². The van der Waals surface area contributed by atoms with Gasteiger partial charge in [-0.2, -0.15) is 4.72 Å². The van der Waals surface area contributed by atoms with Crippen LogP contribution in [-0.4, -0.2) is 26.2 Å². The lowest BCUT2D eigenvalue weighted by atomic mass is 10.0. The zero-order valence-corrected chi connectivity index (χ0v) is 17.3. The lowest BCUT2D eigenvalue weighted by molar-refractivity contribution is -0.118. The maximum Gasteiger partial charge on any atom is 0.242 e. The number of benzene rings is 2. The molecule has 0 radical (unpaired) electrons. The summed E-state index contributed by atoms with van der Waals surface area (Å²) >= 11 is 0. The van der Waals surface area contributed by atoms with Gasteiger partial charge in [-0.25, -0.2) is 8.42 Å². The third-order valence-electron chi connectivity index (χ3n) is 4.21. The summed E-state index contributed by atoms with van der Waals surface area (Å²) in [6.45, 7) is 7.17. The van der Waals surface area contributed by atoms with Gasteiger partial charge >= 0.3 is 0 Å². The maximum absolute atomic E-state index is 12.7. The standard InChI is InChI=1S/C21H26N2O4S/c1-14(2)13-20(23-28(26,27)19-11-5-15(3)6-12-19)21(25)22-18-9-7-17(8-10-18)16(4)24/h5-12,14,20,23H,13H2,1-4H3,(H,22,25). The van der Waals surface area contributed by atoms with Crippen molar-refractivity contribution in [2.75, 3.05) is 5.32 Å². The summed E-state index contributed by atoms with van der Waals surface area (Å²) in [6.07, 6.45) is 0.350. The number of ketones is 1. The van der Waals surface area contributed by atoms with E-state index in [1.807, 2.05) is 20.8 Å². The Morgan fingerprint density at radius 3 is 2.04 bits per heavy atom. The van der Waals surface area contributed by atoms with Gasteiger partial charge < -0.3 is 5.32 Å². The molecule has 0 aromatic heterocycles. The highest BCUT2D eigenvalue weighted by molar-refractivity contribution is 7.89. The van der Waals surface area contributed by atoms with Gasteiger partial charge in [-0.15, -0.1) is 0 Å². The second-order valence-corrected chi connectivity index (χ2v) is 8.95. The van der Waals surface area contributed by atoms with Crippen molar-refractivity contribution in [2.24, 2.45) is 5.92 Å². The number of sulfonamides is 1. The van der Waals surface area contributed by atoms with E-state index in [4.69, 9.17) is 0 Å². The molecule has 0 bridgehead atoms. The second-order valence-electron chi connectivity index (χ2n) is 7.24. The van der Waals surface area contributed by atoms with Crippen molar-refractivity contribution < 1.29 is 18.0 Å². The molecule has 1 amide bonds. The van der Waals surface area contributed by atoms with Crippen molar-refractivity contribution in [3.63, 3.8) is 0 Å². The number of anilines is 1. The van der Waals surface area contributed by atoms with Gasteiger partial charge in [-0.3, -0.25) is 9.59 Å². The van der Waals surface area contributed by atoms with Crippen LogP contribution in [0.5, 0.6) is 0 Å². The van der Waals surface area contributed by atoms with E-state index >= 15 is 0 Å². The number of Topliss-reactive ketones (excluding diaryl/α,β-unsaturated/α-hetero) is 1. The molecule has 2 aromatic carbocycles. The van der Waals surface area contributed by atoms with Crippen LogP contribution in [-0.2, 0) is 14.8 Å². The van der Waals surface area contributed by atoms with Gasteiger partial charge in [-0.1, -0.05) is 31.5 Å². The number of hydrogen-bond donors (Lipinski definition) is 2. The molecule has 0 heterocycles. The quantitative estimate of drug-likeness (QED) is 0.661. The van der Waals surface area contributed by atoms with E-state index < -0.39 is 22.0 Å². The number of hydrogen-bond acceptors (Lipinski definition) is 4. The number of nitrogens with one attached hydrogen (secondary N) is 2. The van der Waals surface area contributed by atoms with Crippen molar-refractivity contribution in [1.29, 1.82) is 0 Å². The molecule has 6 nitrogen and oxygen atoms in total.